The van der Waals surface area contributed by atoms with Crippen LogP contribution in [0, 0.1) is 34.9 Å². The van der Waals surface area contributed by atoms with Crippen molar-refractivity contribution in [1.82, 2.24) is 14.9 Å². The summed E-state index contributed by atoms with van der Waals surface area (Å²) < 4.78 is 15.2. The highest BCUT2D eigenvalue weighted by Gasteiger charge is 2.58. The first kappa shape index (κ1) is 19.4. The summed E-state index contributed by atoms with van der Waals surface area (Å²) in [5.74, 6) is 0.716. The SMILES string of the molecule is CC(NC(=O)c1ccc(C#N)cc1)C1C2CC(n3cnc4ccc(F)cc4c3=O)CC21. The van der Waals surface area contributed by atoms with Crippen molar-refractivity contribution in [2.24, 2.45) is 17.8 Å². The van der Waals surface area contributed by atoms with Gasteiger partial charge in [-0.05, 0) is 80.0 Å². The Kier molecular flexibility index (Phi) is 4.58. The standard InChI is InChI=1S/C24H21FN4O2/c1-13(28-23(30)15-4-2-14(11-26)3-5-15)22-18-9-17(10-19(18)22)29-12-27-21-7-6-16(25)8-20(21)24(29)31/h2-8,12-13,17-19,22H,9-10H2,1H3,(H,28,30). The van der Waals surface area contributed by atoms with Gasteiger partial charge in [-0.15, -0.1) is 0 Å². The highest BCUT2D eigenvalue weighted by Crippen LogP contribution is 2.62. The predicted molar refractivity (Wildman–Crippen MR) is 113 cm³/mol. The Morgan fingerprint density at radius 3 is 2.61 bits per heavy atom. The molecular weight excluding hydrogens is 395 g/mol. The number of carbonyl (C=O) groups is 1. The average molecular weight is 416 g/mol. The molecule has 0 aliphatic heterocycles. The van der Waals surface area contributed by atoms with Gasteiger partial charge in [-0.1, -0.05) is 0 Å². The number of nitrogens with zero attached hydrogens (tertiary/aromatic N) is 3. The average Bonchev–Trinajstić information content (AvgIpc) is 3.28. The molecule has 2 aromatic carbocycles. The zero-order valence-electron chi connectivity index (χ0n) is 17.0. The second kappa shape index (κ2) is 7.31. The van der Waals surface area contributed by atoms with Gasteiger partial charge in [-0.3, -0.25) is 14.2 Å². The zero-order valence-corrected chi connectivity index (χ0v) is 17.0. The number of aromatic nitrogens is 2. The normalized spacial score (nSPS) is 24.9. The third-order valence-electron chi connectivity index (χ3n) is 6.84. The molecule has 2 saturated carbocycles. The van der Waals surface area contributed by atoms with E-state index in [-0.39, 0.29) is 23.6 Å². The predicted octanol–water partition coefficient (Wildman–Crippen LogP) is 3.42. The number of fused-ring (bicyclic) bond motifs is 2. The van der Waals surface area contributed by atoms with Gasteiger partial charge in [-0.2, -0.15) is 5.26 Å². The number of nitrogens with one attached hydrogen (secondary N) is 1. The van der Waals surface area contributed by atoms with Gasteiger partial charge in [0.2, 0.25) is 0 Å². The molecule has 0 bridgehead atoms. The molecule has 156 valence electrons. The second-order valence-corrected chi connectivity index (χ2v) is 8.60. The number of halogens is 1. The van der Waals surface area contributed by atoms with Crippen molar-refractivity contribution < 1.29 is 9.18 Å². The molecule has 31 heavy (non-hydrogen) atoms. The van der Waals surface area contributed by atoms with E-state index in [9.17, 15) is 14.0 Å². The summed E-state index contributed by atoms with van der Waals surface area (Å²) in [4.78, 5) is 29.7. The van der Waals surface area contributed by atoms with Crippen molar-refractivity contribution in [3.63, 3.8) is 0 Å². The number of benzene rings is 2. The van der Waals surface area contributed by atoms with E-state index in [2.05, 4.69) is 10.3 Å². The molecule has 5 rings (SSSR count). The minimum atomic E-state index is -0.440. The van der Waals surface area contributed by atoms with Crippen LogP contribution in [-0.4, -0.2) is 21.5 Å². The van der Waals surface area contributed by atoms with Gasteiger partial charge in [0.15, 0.2) is 0 Å². The van der Waals surface area contributed by atoms with Gasteiger partial charge in [0.1, 0.15) is 5.82 Å². The Hall–Kier alpha value is -3.53. The van der Waals surface area contributed by atoms with Crippen LogP contribution in [0.3, 0.4) is 0 Å². The van der Waals surface area contributed by atoms with Crippen molar-refractivity contribution in [2.75, 3.05) is 0 Å². The molecular formula is C24H21FN4O2. The highest BCUT2D eigenvalue weighted by molar-refractivity contribution is 5.94. The molecule has 3 unspecified atom stereocenters. The van der Waals surface area contributed by atoms with Gasteiger partial charge in [0.25, 0.3) is 11.5 Å². The molecule has 0 spiro atoms. The second-order valence-electron chi connectivity index (χ2n) is 8.60. The van der Waals surface area contributed by atoms with Crippen LogP contribution in [0.4, 0.5) is 4.39 Å². The first-order valence-corrected chi connectivity index (χ1v) is 10.4. The van der Waals surface area contributed by atoms with Crippen molar-refractivity contribution in [3.8, 4) is 6.07 Å². The fourth-order valence-electron chi connectivity index (χ4n) is 5.28. The molecule has 7 heteroatoms. The van der Waals surface area contributed by atoms with E-state index in [1.807, 2.05) is 13.0 Å². The molecule has 1 N–H and O–H groups in total. The molecule has 0 radical (unpaired) electrons. The van der Waals surface area contributed by atoms with E-state index in [4.69, 9.17) is 5.26 Å². The lowest BCUT2D eigenvalue weighted by Gasteiger charge is -2.21. The molecule has 2 aliphatic rings. The Morgan fingerprint density at radius 1 is 1.23 bits per heavy atom. The van der Waals surface area contributed by atoms with Crippen LogP contribution in [0.1, 0.15) is 41.7 Å². The summed E-state index contributed by atoms with van der Waals surface area (Å²) in [5.41, 5.74) is 1.36. The summed E-state index contributed by atoms with van der Waals surface area (Å²) in [6.07, 6.45) is 3.28. The molecule has 2 fully saturated rings. The molecule has 3 atom stereocenters. The summed E-state index contributed by atoms with van der Waals surface area (Å²) in [6.45, 7) is 2.02. The van der Waals surface area contributed by atoms with Crippen LogP contribution in [-0.2, 0) is 0 Å². The summed E-state index contributed by atoms with van der Waals surface area (Å²) in [5, 5.41) is 12.3. The van der Waals surface area contributed by atoms with Crippen LogP contribution in [0.2, 0.25) is 0 Å². The fourth-order valence-corrected chi connectivity index (χ4v) is 5.28. The van der Waals surface area contributed by atoms with Gasteiger partial charge in [0.05, 0.1) is 28.9 Å². The lowest BCUT2D eigenvalue weighted by molar-refractivity contribution is 0.0932. The van der Waals surface area contributed by atoms with E-state index in [0.717, 1.165) is 12.8 Å². The van der Waals surface area contributed by atoms with Crippen molar-refractivity contribution in [3.05, 3.63) is 76.1 Å². The molecule has 1 heterocycles. The third kappa shape index (κ3) is 3.38. The molecule has 2 aliphatic carbocycles. The summed E-state index contributed by atoms with van der Waals surface area (Å²) in [7, 11) is 0. The van der Waals surface area contributed by atoms with Crippen LogP contribution >= 0.6 is 0 Å². The Labute approximate surface area is 178 Å². The number of carbonyl (C=O) groups excluding carboxylic acids is 1. The van der Waals surface area contributed by atoms with E-state index in [1.165, 1.54) is 18.2 Å². The first-order valence-electron chi connectivity index (χ1n) is 10.4. The number of rotatable bonds is 4. The lowest BCUT2D eigenvalue weighted by Crippen LogP contribution is -2.36. The van der Waals surface area contributed by atoms with Crippen LogP contribution in [0.15, 0.2) is 53.6 Å². The van der Waals surface area contributed by atoms with Gasteiger partial charge < -0.3 is 5.32 Å². The van der Waals surface area contributed by atoms with Crippen molar-refractivity contribution in [1.29, 1.82) is 5.26 Å². The quantitative estimate of drug-likeness (QED) is 0.706. The molecule has 3 aromatic rings. The monoisotopic (exact) mass is 416 g/mol. The molecule has 0 saturated heterocycles. The Morgan fingerprint density at radius 2 is 1.94 bits per heavy atom. The van der Waals surface area contributed by atoms with Gasteiger partial charge in [-0.25, -0.2) is 9.37 Å². The fraction of sp³-hybridized carbons (Fsp3) is 0.333. The first-order chi connectivity index (χ1) is 15.0. The van der Waals surface area contributed by atoms with Crippen molar-refractivity contribution >= 4 is 16.8 Å². The Balaban J connectivity index is 1.24. The lowest BCUT2D eigenvalue weighted by atomic mass is 10.0. The molecule has 1 amide bonds. The van der Waals surface area contributed by atoms with Crippen LogP contribution in [0.5, 0.6) is 0 Å². The van der Waals surface area contributed by atoms with Crippen LogP contribution in [0.25, 0.3) is 10.9 Å². The number of amides is 1. The zero-order chi connectivity index (χ0) is 21.7. The van der Waals surface area contributed by atoms with E-state index in [1.54, 1.807) is 35.2 Å². The topological polar surface area (TPSA) is 87.8 Å². The number of nitriles is 1. The van der Waals surface area contributed by atoms with Gasteiger partial charge >= 0.3 is 0 Å². The third-order valence-corrected chi connectivity index (χ3v) is 6.84. The number of hydrogen-bond donors (Lipinski definition) is 1. The van der Waals surface area contributed by atoms with E-state index < -0.39 is 5.82 Å². The Bertz CT molecular complexity index is 1270. The summed E-state index contributed by atoms with van der Waals surface area (Å²) >= 11 is 0. The van der Waals surface area contributed by atoms with Crippen LogP contribution < -0.4 is 10.9 Å². The smallest absolute Gasteiger partial charge is 0.261 e. The minimum Gasteiger partial charge on any atom is -0.349 e. The van der Waals surface area contributed by atoms with E-state index >= 15 is 0 Å². The maximum atomic E-state index is 13.6. The summed E-state index contributed by atoms with van der Waals surface area (Å²) in [6, 6.07) is 12.8. The van der Waals surface area contributed by atoms with Crippen molar-refractivity contribution in [2.45, 2.75) is 31.8 Å². The molecule has 6 nitrogen and oxygen atoms in total. The number of hydrogen-bond acceptors (Lipinski definition) is 4. The minimum absolute atomic E-state index is 0.0274. The highest BCUT2D eigenvalue weighted by atomic mass is 19.1. The maximum absolute atomic E-state index is 13.6. The maximum Gasteiger partial charge on any atom is 0.261 e. The van der Waals surface area contributed by atoms with Gasteiger partial charge in [0, 0.05) is 17.6 Å². The van der Waals surface area contributed by atoms with E-state index in [0.29, 0.717) is 39.8 Å². The largest absolute Gasteiger partial charge is 0.349 e. The molecule has 1 aromatic heterocycles.